The Morgan fingerprint density at radius 2 is 2.21 bits per heavy atom. The number of rotatable bonds is 3. The van der Waals surface area contributed by atoms with Crippen molar-refractivity contribution in [3.63, 3.8) is 0 Å². The number of hydrogen-bond donors (Lipinski definition) is 0. The van der Waals surface area contributed by atoms with Gasteiger partial charge in [0, 0.05) is 0 Å². The van der Waals surface area contributed by atoms with E-state index in [1.165, 1.54) is 17.8 Å². The highest BCUT2D eigenvalue weighted by Gasteiger charge is 2.25. The zero-order valence-corrected chi connectivity index (χ0v) is 8.22. The highest BCUT2D eigenvalue weighted by atomic mass is 16.6. The lowest BCUT2D eigenvalue weighted by Gasteiger charge is -2.16. The van der Waals surface area contributed by atoms with Crippen molar-refractivity contribution < 1.29 is 9.72 Å². The first-order valence-electron chi connectivity index (χ1n) is 4.06. The van der Waals surface area contributed by atoms with Crippen molar-refractivity contribution in [1.82, 2.24) is 9.78 Å². The number of aromatic nitrogens is 2. The van der Waals surface area contributed by atoms with Gasteiger partial charge in [-0.15, -0.1) is 0 Å². The van der Waals surface area contributed by atoms with Crippen molar-refractivity contribution in [3.8, 4) is 0 Å². The summed E-state index contributed by atoms with van der Waals surface area (Å²) >= 11 is 0. The minimum Gasteiger partial charge on any atom is -0.301 e. The molecule has 1 heterocycles. The minimum atomic E-state index is -0.848. The summed E-state index contributed by atoms with van der Waals surface area (Å²) in [6, 6.07) is 0. The zero-order chi connectivity index (χ0) is 10.9. The van der Waals surface area contributed by atoms with E-state index in [-0.39, 0.29) is 5.69 Å². The Balaban J connectivity index is 3.21. The molecule has 6 heteroatoms. The van der Waals surface area contributed by atoms with Crippen molar-refractivity contribution in [2.75, 3.05) is 0 Å². The van der Waals surface area contributed by atoms with Crippen molar-refractivity contribution in [3.05, 3.63) is 22.0 Å². The molecule has 0 spiro atoms. The Hall–Kier alpha value is -1.72. The number of nitrogens with zero attached hydrogens (tertiary/aromatic N) is 3. The average Bonchev–Trinajstić information content (AvgIpc) is 2.48. The number of carbonyl (C=O) groups excluding carboxylic acids is 1. The Kier molecular flexibility index (Phi) is 2.37. The molecular weight excluding hydrogens is 186 g/mol. The van der Waals surface area contributed by atoms with Gasteiger partial charge in [-0.05, 0) is 20.8 Å². The lowest BCUT2D eigenvalue weighted by atomic mass is 10.1. The van der Waals surface area contributed by atoms with Gasteiger partial charge in [-0.25, -0.2) is 0 Å². The summed E-state index contributed by atoms with van der Waals surface area (Å²) in [6.07, 6.45) is 1.97. The van der Waals surface area contributed by atoms with Gasteiger partial charge in [0.25, 0.3) is 0 Å². The van der Waals surface area contributed by atoms with Crippen molar-refractivity contribution in [1.29, 1.82) is 0 Å². The highest BCUT2D eigenvalue weighted by Crippen LogP contribution is 2.20. The molecule has 0 aliphatic rings. The van der Waals surface area contributed by atoms with Crippen LogP contribution in [0.3, 0.4) is 0 Å². The van der Waals surface area contributed by atoms with E-state index < -0.39 is 10.5 Å². The van der Waals surface area contributed by atoms with Gasteiger partial charge in [0.05, 0.1) is 4.92 Å². The highest BCUT2D eigenvalue weighted by molar-refractivity contribution is 5.60. The molecule has 0 saturated carbocycles. The molecule has 14 heavy (non-hydrogen) atoms. The molecule has 0 aliphatic carbocycles. The van der Waals surface area contributed by atoms with Crippen LogP contribution in [0.2, 0.25) is 0 Å². The molecule has 0 aliphatic heterocycles. The third-order valence-electron chi connectivity index (χ3n) is 1.95. The van der Waals surface area contributed by atoms with Crippen LogP contribution in [-0.2, 0) is 10.3 Å². The van der Waals surface area contributed by atoms with Gasteiger partial charge in [-0.3, -0.25) is 14.8 Å². The van der Waals surface area contributed by atoms with E-state index >= 15 is 0 Å². The summed E-state index contributed by atoms with van der Waals surface area (Å²) in [5, 5.41) is 14.4. The predicted molar refractivity (Wildman–Crippen MR) is 49.0 cm³/mol. The van der Waals surface area contributed by atoms with Crippen LogP contribution in [0.15, 0.2) is 6.20 Å². The van der Waals surface area contributed by atoms with E-state index in [0.717, 1.165) is 0 Å². The molecule has 6 nitrogen and oxygen atoms in total. The second-order valence-corrected chi connectivity index (χ2v) is 3.57. The van der Waals surface area contributed by atoms with Crippen LogP contribution in [0.1, 0.15) is 19.5 Å². The fourth-order valence-electron chi connectivity index (χ4n) is 0.979. The second-order valence-electron chi connectivity index (χ2n) is 3.57. The Bertz CT molecular complexity index is 381. The second kappa shape index (κ2) is 3.21. The van der Waals surface area contributed by atoms with Crippen LogP contribution in [0, 0.1) is 17.0 Å². The summed E-state index contributed by atoms with van der Waals surface area (Å²) in [7, 11) is 0. The van der Waals surface area contributed by atoms with E-state index in [9.17, 15) is 14.9 Å². The summed E-state index contributed by atoms with van der Waals surface area (Å²) in [5.41, 5.74) is -0.608. The van der Waals surface area contributed by atoms with Crippen LogP contribution >= 0.6 is 0 Å². The van der Waals surface area contributed by atoms with E-state index in [1.807, 2.05) is 0 Å². The number of aldehydes is 1. The molecule has 0 saturated heterocycles. The number of nitro groups is 1. The van der Waals surface area contributed by atoms with Gasteiger partial charge in [0.2, 0.25) is 0 Å². The summed E-state index contributed by atoms with van der Waals surface area (Å²) in [5.74, 6) is 0. The minimum absolute atomic E-state index is 0.0695. The molecule has 0 atom stereocenters. The van der Waals surface area contributed by atoms with E-state index in [4.69, 9.17) is 0 Å². The van der Waals surface area contributed by atoms with Gasteiger partial charge >= 0.3 is 5.69 Å². The molecule has 0 aromatic carbocycles. The number of aryl methyl sites for hydroxylation is 1. The molecule has 0 radical (unpaired) electrons. The lowest BCUT2D eigenvalue weighted by Crippen LogP contribution is -2.28. The van der Waals surface area contributed by atoms with E-state index in [2.05, 4.69) is 5.10 Å². The Labute approximate surface area is 80.7 Å². The SMILES string of the molecule is Cc1nn(C(C)(C)C=O)cc1[N+](=O)[O-]. The number of carbonyl (C=O) groups is 1. The van der Waals surface area contributed by atoms with Crippen LogP contribution < -0.4 is 0 Å². The first-order chi connectivity index (χ1) is 6.38. The smallest absolute Gasteiger partial charge is 0.301 e. The molecule has 1 rings (SSSR count). The Morgan fingerprint density at radius 1 is 1.64 bits per heavy atom. The van der Waals surface area contributed by atoms with Gasteiger partial charge < -0.3 is 4.79 Å². The first-order valence-corrected chi connectivity index (χ1v) is 4.06. The molecule has 1 aromatic heterocycles. The van der Waals surface area contributed by atoms with Crippen molar-refractivity contribution in [2.24, 2.45) is 0 Å². The van der Waals surface area contributed by atoms with Gasteiger partial charge in [0.1, 0.15) is 23.7 Å². The molecular formula is C8H11N3O3. The van der Waals surface area contributed by atoms with Crippen LogP contribution in [0.4, 0.5) is 5.69 Å². The number of hydrogen-bond acceptors (Lipinski definition) is 4. The van der Waals surface area contributed by atoms with Crippen LogP contribution in [0.5, 0.6) is 0 Å². The van der Waals surface area contributed by atoms with Crippen molar-refractivity contribution >= 4 is 12.0 Å². The standard InChI is InChI=1S/C8H11N3O3/c1-6-7(11(13)14)4-10(9-6)8(2,3)5-12/h4-5H,1-3H3. The van der Waals surface area contributed by atoms with Crippen LogP contribution in [-0.4, -0.2) is 21.0 Å². The third-order valence-corrected chi connectivity index (χ3v) is 1.95. The predicted octanol–water partition coefficient (Wildman–Crippen LogP) is 1.03. The summed E-state index contributed by atoms with van der Waals surface area (Å²) < 4.78 is 1.30. The largest absolute Gasteiger partial charge is 0.309 e. The fourth-order valence-corrected chi connectivity index (χ4v) is 0.979. The quantitative estimate of drug-likeness (QED) is 0.412. The maximum atomic E-state index is 10.7. The summed E-state index contributed by atoms with van der Waals surface area (Å²) in [4.78, 5) is 20.7. The maximum absolute atomic E-state index is 10.7. The molecule has 0 amide bonds. The lowest BCUT2D eigenvalue weighted by molar-refractivity contribution is -0.385. The zero-order valence-electron chi connectivity index (χ0n) is 8.22. The molecule has 0 fully saturated rings. The monoisotopic (exact) mass is 197 g/mol. The Morgan fingerprint density at radius 3 is 2.57 bits per heavy atom. The van der Waals surface area contributed by atoms with E-state index in [0.29, 0.717) is 12.0 Å². The first kappa shape index (κ1) is 10.4. The topological polar surface area (TPSA) is 78.0 Å². The normalized spacial score (nSPS) is 11.4. The van der Waals surface area contributed by atoms with Gasteiger partial charge in [0.15, 0.2) is 0 Å². The van der Waals surface area contributed by atoms with Crippen molar-refractivity contribution in [2.45, 2.75) is 26.3 Å². The van der Waals surface area contributed by atoms with Crippen LogP contribution in [0.25, 0.3) is 0 Å². The maximum Gasteiger partial charge on any atom is 0.309 e. The fraction of sp³-hybridized carbons (Fsp3) is 0.500. The summed E-state index contributed by atoms with van der Waals surface area (Å²) in [6.45, 7) is 4.81. The molecule has 0 unspecified atom stereocenters. The third kappa shape index (κ3) is 1.63. The average molecular weight is 197 g/mol. The molecule has 0 bridgehead atoms. The van der Waals surface area contributed by atoms with E-state index in [1.54, 1.807) is 13.8 Å². The van der Waals surface area contributed by atoms with Gasteiger partial charge in [-0.2, -0.15) is 5.10 Å². The molecule has 0 N–H and O–H groups in total. The molecule has 1 aromatic rings. The van der Waals surface area contributed by atoms with Gasteiger partial charge in [-0.1, -0.05) is 0 Å². The molecule has 76 valence electrons.